The molecule has 0 atom stereocenters. The molecule has 0 amide bonds. The maximum absolute atomic E-state index is 6.02. The van der Waals surface area contributed by atoms with Crippen molar-refractivity contribution in [2.45, 2.75) is 34.3 Å². The van der Waals surface area contributed by atoms with Gasteiger partial charge in [0.2, 0.25) is 0 Å². The van der Waals surface area contributed by atoms with Crippen molar-refractivity contribution in [2.75, 3.05) is 0 Å². The zero-order chi connectivity index (χ0) is 23.4. The molecular weight excluding hydrogens is 442 g/mol. The van der Waals surface area contributed by atoms with Crippen LogP contribution in [0, 0.1) is 27.7 Å². The largest absolute Gasteiger partial charge is 0.489 e. The van der Waals surface area contributed by atoms with E-state index in [2.05, 4.69) is 61.2 Å². The standard InChI is InChI=1S/C27H23N5OS/c1-15-5-10-21(16(2)11-15)33-13-19-6-8-20(9-7-19)25-30-26-24-23(28-14-32(26)31-25)22-17(3)12-18(4)29-27(22)34-24/h5-12,14H,13H2,1-4H3. The van der Waals surface area contributed by atoms with Crippen LogP contribution in [-0.4, -0.2) is 24.6 Å². The van der Waals surface area contributed by atoms with Gasteiger partial charge in [0.25, 0.3) is 0 Å². The number of pyridine rings is 1. The van der Waals surface area contributed by atoms with Crippen LogP contribution in [-0.2, 0) is 6.61 Å². The van der Waals surface area contributed by atoms with Crippen LogP contribution in [0.25, 0.3) is 37.5 Å². The zero-order valence-corrected chi connectivity index (χ0v) is 20.3. The van der Waals surface area contributed by atoms with Crippen LogP contribution in [0.3, 0.4) is 0 Å². The highest BCUT2D eigenvalue weighted by Gasteiger charge is 2.17. The number of thiophene rings is 1. The molecule has 7 heteroatoms. The van der Waals surface area contributed by atoms with E-state index in [1.807, 2.05) is 25.1 Å². The molecule has 4 aromatic heterocycles. The number of aromatic nitrogens is 5. The summed E-state index contributed by atoms with van der Waals surface area (Å²) in [4.78, 5) is 15.3. The van der Waals surface area contributed by atoms with Crippen LogP contribution in [0.1, 0.15) is 27.9 Å². The third kappa shape index (κ3) is 3.49. The van der Waals surface area contributed by atoms with Gasteiger partial charge in [-0.15, -0.1) is 16.4 Å². The van der Waals surface area contributed by atoms with Crippen LogP contribution in [0.5, 0.6) is 5.75 Å². The molecule has 34 heavy (non-hydrogen) atoms. The van der Waals surface area contributed by atoms with Gasteiger partial charge in [-0.3, -0.25) is 0 Å². The summed E-state index contributed by atoms with van der Waals surface area (Å²) in [6.45, 7) is 8.80. The third-order valence-electron chi connectivity index (χ3n) is 6.03. The lowest BCUT2D eigenvalue weighted by Crippen LogP contribution is -1.97. The molecule has 4 heterocycles. The van der Waals surface area contributed by atoms with Crippen molar-refractivity contribution in [2.24, 2.45) is 0 Å². The second-order valence-corrected chi connectivity index (χ2v) is 9.74. The van der Waals surface area contributed by atoms with E-state index in [0.29, 0.717) is 12.4 Å². The van der Waals surface area contributed by atoms with E-state index in [9.17, 15) is 0 Å². The number of fused-ring (bicyclic) bond motifs is 5. The van der Waals surface area contributed by atoms with Crippen molar-refractivity contribution in [3.63, 3.8) is 0 Å². The fraction of sp³-hybridized carbons (Fsp3) is 0.185. The average Bonchev–Trinajstić information content (AvgIpc) is 3.40. The van der Waals surface area contributed by atoms with Crippen molar-refractivity contribution in [3.05, 3.63) is 82.8 Å². The monoisotopic (exact) mass is 465 g/mol. The first kappa shape index (κ1) is 20.7. The van der Waals surface area contributed by atoms with Gasteiger partial charge in [-0.25, -0.2) is 19.5 Å². The second kappa shape index (κ2) is 7.88. The Bertz CT molecular complexity index is 1700. The third-order valence-corrected chi connectivity index (χ3v) is 7.10. The van der Waals surface area contributed by atoms with E-state index < -0.39 is 0 Å². The molecule has 0 aliphatic heterocycles. The molecule has 0 radical (unpaired) electrons. The highest BCUT2D eigenvalue weighted by molar-refractivity contribution is 7.26. The van der Waals surface area contributed by atoms with Gasteiger partial charge < -0.3 is 4.74 Å². The van der Waals surface area contributed by atoms with Crippen molar-refractivity contribution < 1.29 is 4.74 Å². The van der Waals surface area contributed by atoms with Crippen LogP contribution in [0.2, 0.25) is 0 Å². The van der Waals surface area contributed by atoms with Crippen LogP contribution in [0.15, 0.2) is 54.9 Å². The van der Waals surface area contributed by atoms with Crippen LogP contribution < -0.4 is 4.74 Å². The van der Waals surface area contributed by atoms with Crippen LogP contribution >= 0.6 is 11.3 Å². The molecular formula is C27H23N5OS. The Hall–Kier alpha value is -3.84. The number of aryl methyl sites for hydroxylation is 4. The Labute approximate surface area is 200 Å². The number of rotatable bonds is 4. The maximum atomic E-state index is 6.02. The predicted octanol–water partition coefficient (Wildman–Crippen LogP) is 6.37. The average molecular weight is 466 g/mol. The summed E-state index contributed by atoms with van der Waals surface area (Å²) >= 11 is 1.62. The highest BCUT2D eigenvalue weighted by atomic mass is 32.1. The lowest BCUT2D eigenvalue weighted by Gasteiger charge is -2.10. The molecule has 0 aliphatic carbocycles. The Balaban J connectivity index is 1.32. The van der Waals surface area contributed by atoms with E-state index in [1.165, 1.54) is 11.1 Å². The Morgan fingerprint density at radius 1 is 0.912 bits per heavy atom. The summed E-state index contributed by atoms with van der Waals surface area (Å²) in [5.41, 5.74) is 8.38. The number of hydrogen-bond acceptors (Lipinski definition) is 6. The molecule has 0 spiro atoms. The quantitative estimate of drug-likeness (QED) is 0.303. The van der Waals surface area contributed by atoms with Gasteiger partial charge >= 0.3 is 0 Å². The minimum Gasteiger partial charge on any atom is -0.489 e. The summed E-state index contributed by atoms with van der Waals surface area (Å²) in [7, 11) is 0. The molecule has 0 fully saturated rings. The van der Waals surface area contributed by atoms with E-state index in [-0.39, 0.29) is 0 Å². The molecule has 0 N–H and O–H groups in total. The van der Waals surface area contributed by atoms with Gasteiger partial charge in [0.15, 0.2) is 11.5 Å². The fourth-order valence-corrected chi connectivity index (χ4v) is 5.59. The van der Waals surface area contributed by atoms with Gasteiger partial charge in [-0.1, -0.05) is 42.0 Å². The zero-order valence-electron chi connectivity index (χ0n) is 19.5. The molecule has 0 aliphatic rings. The minimum absolute atomic E-state index is 0.515. The van der Waals surface area contributed by atoms with Gasteiger partial charge in [0.1, 0.15) is 28.2 Å². The maximum Gasteiger partial charge on any atom is 0.182 e. The molecule has 168 valence electrons. The molecule has 0 bridgehead atoms. The van der Waals surface area contributed by atoms with Crippen molar-refractivity contribution in [3.8, 4) is 17.1 Å². The molecule has 0 saturated carbocycles. The smallest absolute Gasteiger partial charge is 0.182 e. The normalized spacial score (nSPS) is 11.6. The molecule has 6 rings (SSSR count). The van der Waals surface area contributed by atoms with Gasteiger partial charge in [-0.05, 0) is 56.5 Å². The summed E-state index contributed by atoms with van der Waals surface area (Å²) in [6, 6.07) is 16.5. The van der Waals surface area contributed by atoms with Gasteiger partial charge in [0.05, 0.1) is 5.52 Å². The second-order valence-electron chi connectivity index (χ2n) is 8.74. The Morgan fingerprint density at radius 3 is 2.53 bits per heavy atom. The molecule has 0 saturated heterocycles. The summed E-state index contributed by atoms with van der Waals surface area (Å²) in [5, 5.41) is 5.79. The van der Waals surface area contributed by atoms with Gasteiger partial charge in [0, 0.05) is 16.6 Å². The minimum atomic E-state index is 0.515. The number of ether oxygens (including phenoxy) is 1. The number of benzene rings is 2. The molecule has 2 aromatic carbocycles. The first-order valence-corrected chi connectivity index (χ1v) is 12.0. The van der Waals surface area contributed by atoms with Gasteiger partial charge in [-0.2, -0.15) is 0 Å². The summed E-state index contributed by atoms with van der Waals surface area (Å²) in [5.74, 6) is 1.59. The molecule has 6 aromatic rings. The first-order valence-electron chi connectivity index (χ1n) is 11.2. The van der Waals surface area contributed by atoms with Crippen molar-refractivity contribution in [1.82, 2.24) is 24.6 Å². The summed E-state index contributed by atoms with van der Waals surface area (Å²) < 4.78 is 8.78. The first-order chi connectivity index (χ1) is 16.5. The fourth-order valence-electron chi connectivity index (χ4n) is 4.36. The molecule has 6 nitrogen and oxygen atoms in total. The van der Waals surface area contributed by atoms with E-state index in [1.54, 1.807) is 22.2 Å². The lowest BCUT2D eigenvalue weighted by atomic mass is 10.1. The SMILES string of the molecule is Cc1ccc(OCc2ccc(-c3nc4c5sc6nc(C)cc(C)c6c5ncn4n3)cc2)c(C)c1. The van der Waals surface area contributed by atoms with E-state index in [0.717, 1.165) is 54.2 Å². The lowest BCUT2D eigenvalue weighted by molar-refractivity contribution is 0.304. The Kier molecular flexibility index (Phi) is 4.81. The van der Waals surface area contributed by atoms with Crippen molar-refractivity contribution >= 4 is 37.4 Å². The molecule has 0 unspecified atom stereocenters. The van der Waals surface area contributed by atoms with E-state index >= 15 is 0 Å². The topological polar surface area (TPSA) is 65.2 Å². The predicted molar refractivity (Wildman–Crippen MR) is 137 cm³/mol. The number of nitrogens with zero attached hydrogens (tertiary/aromatic N) is 5. The highest BCUT2D eigenvalue weighted by Crippen LogP contribution is 2.36. The van der Waals surface area contributed by atoms with Crippen LogP contribution in [0.4, 0.5) is 0 Å². The van der Waals surface area contributed by atoms with Crippen molar-refractivity contribution in [1.29, 1.82) is 0 Å². The van der Waals surface area contributed by atoms with E-state index in [4.69, 9.17) is 14.7 Å². The Morgan fingerprint density at radius 2 is 1.74 bits per heavy atom. The summed E-state index contributed by atoms with van der Waals surface area (Å²) in [6.07, 6.45) is 1.74. The number of hydrogen-bond donors (Lipinski definition) is 0.